The van der Waals surface area contributed by atoms with E-state index in [2.05, 4.69) is 27.4 Å². The lowest BCUT2D eigenvalue weighted by Gasteiger charge is -2.61. The molecule has 4 rings (SSSR count). The number of hydrogen-bond acceptors (Lipinski definition) is 3. The maximum atomic E-state index is 9.68. The van der Waals surface area contributed by atoms with Gasteiger partial charge in [0, 0.05) is 12.5 Å². The molecule has 0 amide bonds. The fraction of sp³-hybridized carbons (Fsp3) is 0.931. The standard InChI is InChI=1S/C29H50O3/c1-6-29(32-31,21(3)19-30)18-14-20(2)24-12-13-25-23-11-10-22-9-7-8-16-27(22,4)26(23)15-17-28(24,25)5/h6,20-26,30-31H,1,7-19H2,2-5H3/t20-,21?,22?,23+,24-,25+,26+,27+,28-,29?/m1/s1. The maximum absolute atomic E-state index is 9.68. The summed E-state index contributed by atoms with van der Waals surface area (Å²) >= 11 is 0. The van der Waals surface area contributed by atoms with Crippen molar-refractivity contribution in [2.75, 3.05) is 6.61 Å². The second-order valence-corrected chi connectivity index (χ2v) is 13.0. The number of aliphatic hydroxyl groups excluding tert-OH is 1. The van der Waals surface area contributed by atoms with Crippen molar-refractivity contribution in [1.82, 2.24) is 0 Å². The van der Waals surface area contributed by atoms with Crippen LogP contribution in [-0.4, -0.2) is 22.6 Å². The molecular formula is C29H50O3. The van der Waals surface area contributed by atoms with Gasteiger partial charge in [-0.3, -0.25) is 5.26 Å². The lowest BCUT2D eigenvalue weighted by molar-refractivity contribution is -0.324. The Morgan fingerprint density at radius 2 is 1.75 bits per heavy atom. The van der Waals surface area contributed by atoms with Crippen molar-refractivity contribution >= 4 is 0 Å². The van der Waals surface area contributed by atoms with E-state index in [9.17, 15) is 10.4 Å². The largest absolute Gasteiger partial charge is 0.396 e. The van der Waals surface area contributed by atoms with Gasteiger partial charge in [-0.2, -0.15) is 0 Å². The molecule has 0 radical (unpaired) electrons. The van der Waals surface area contributed by atoms with Crippen LogP contribution in [0.15, 0.2) is 12.7 Å². The average molecular weight is 447 g/mol. The Bertz CT molecular complexity index is 663. The minimum Gasteiger partial charge on any atom is -0.396 e. The molecule has 4 aliphatic carbocycles. The first-order valence-corrected chi connectivity index (χ1v) is 13.8. The molecule has 0 aliphatic heterocycles. The third kappa shape index (κ3) is 3.83. The van der Waals surface area contributed by atoms with Gasteiger partial charge < -0.3 is 5.11 Å². The molecule has 3 unspecified atom stereocenters. The Balaban J connectivity index is 1.46. The number of rotatable bonds is 8. The molecule has 4 saturated carbocycles. The molecule has 0 heterocycles. The van der Waals surface area contributed by atoms with Gasteiger partial charge in [0.2, 0.25) is 0 Å². The molecule has 2 N–H and O–H groups in total. The minimum atomic E-state index is -0.840. The zero-order valence-electron chi connectivity index (χ0n) is 21.3. The highest BCUT2D eigenvalue weighted by atomic mass is 17.1. The van der Waals surface area contributed by atoms with Crippen LogP contribution in [-0.2, 0) is 4.89 Å². The molecule has 0 aromatic heterocycles. The smallest absolute Gasteiger partial charge is 0.126 e. The Morgan fingerprint density at radius 3 is 2.44 bits per heavy atom. The van der Waals surface area contributed by atoms with Crippen LogP contribution in [0.1, 0.15) is 105 Å². The second kappa shape index (κ2) is 9.34. The van der Waals surface area contributed by atoms with Crippen LogP contribution in [0, 0.1) is 52.3 Å². The van der Waals surface area contributed by atoms with E-state index < -0.39 is 5.60 Å². The molecule has 4 aliphatic rings. The van der Waals surface area contributed by atoms with Crippen molar-refractivity contribution < 1.29 is 15.3 Å². The summed E-state index contributed by atoms with van der Waals surface area (Å²) in [4.78, 5) is 4.94. The third-order valence-corrected chi connectivity index (χ3v) is 12.0. The van der Waals surface area contributed by atoms with Crippen molar-refractivity contribution in [1.29, 1.82) is 0 Å². The highest BCUT2D eigenvalue weighted by Crippen LogP contribution is 2.68. The van der Waals surface area contributed by atoms with Crippen molar-refractivity contribution in [3.8, 4) is 0 Å². The van der Waals surface area contributed by atoms with Gasteiger partial charge >= 0.3 is 0 Å². The predicted molar refractivity (Wildman–Crippen MR) is 131 cm³/mol. The molecule has 3 heteroatoms. The summed E-state index contributed by atoms with van der Waals surface area (Å²) in [5.74, 6) is 5.02. The molecule has 32 heavy (non-hydrogen) atoms. The summed E-state index contributed by atoms with van der Waals surface area (Å²) in [6, 6.07) is 0. The topological polar surface area (TPSA) is 49.7 Å². The van der Waals surface area contributed by atoms with E-state index in [1.807, 2.05) is 6.92 Å². The zero-order valence-corrected chi connectivity index (χ0v) is 21.3. The van der Waals surface area contributed by atoms with E-state index in [-0.39, 0.29) is 12.5 Å². The zero-order chi connectivity index (χ0) is 23.1. The second-order valence-electron chi connectivity index (χ2n) is 13.0. The molecule has 4 fully saturated rings. The van der Waals surface area contributed by atoms with Crippen molar-refractivity contribution in [2.24, 2.45) is 52.3 Å². The van der Waals surface area contributed by atoms with Crippen LogP contribution >= 0.6 is 0 Å². The highest BCUT2D eigenvalue weighted by Gasteiger charge is 2.60. The maximum Gasteiger partial charge on any atom is 0.126 e. The molecular weight excluding hydrogens is 396 g/mol. The average Bonchev–Trinajstić information content (AvgIpc) is 3.16. The van der Waals surface area contributed by atoms with Crippen LogP contribution in [0.2, 0.25) is 0 Å². The van der Waals surface area contributed by atoms with Crippen LogP contribution < -0.4 is 0 Å². The molecule has 0 aromatic rings. The SMILES string of the molecule is C=CC(CC[C@@H](C)[C@H]1CC[C@H]2[C@@H]3CCC4CCCC[C@]4(C)[C@H]3CC[C@]12C)(OO)C(C)CO. The van der Waals surface area contributed by atoms with Crippen molar-refractivity contribution in [3.05, 3.63) is 12.7 Å². The molecule has 0 bridgehead atoms. The van der Waals surface area contributed by atoms with Crippen LogP contribution in [0.5, 0.6) is 0 Å². The van der Waals surface area contributed by atoms with E-state index in [0.29, 0.717) is 16.7 Å². The summed E-state index contributed by atoms with van der Waals surface area (Å²) in [6.45, 7) is 13.6. The molecule has 3 nitrogen and oxygen atoms in total. The van der Waals surface area contributed by atoms with Gasteiger partial charge in [-0.05, 0) is 111 Å². The first-order chi connectivity index (χ1) is 15.3. The van der Waals surface area contributed by atoms with Gasteiger partial charge in [0.1, 0.15) is 5.60 Å². The first kappa shape index (κ1) is 24.7. The third-order valence-electron chi connectivity index (χ3n) is 12.0. The summed E-state index contributed by atoms with van der Waals surface area (Å²) in [7, 11) is 0. The highest BCUT2D eigenvalue weighted by molar-refractivity contribution is 5.09. The summed E-state index contributed by atoms with van der Waals surface area (Å²) in [5, 5.41) is 19.3. The Hall–Kier alpha value is -0.380. The summed E-state index contributed by atoms with van der Waals surface area (Å²) in [6.07, 6.45) is 18.0. The molecule has 10 atom stereocenters. The fourth-order valence-electron chi connectivity index (χ4n) is 9.80. The fourth-order valence-corrected chi connectivity index (χ4v) is 9.80. The normalized spacial score (nSPS) is 45.1. The van der Waals surface area contributed by atoms with E-state index in [1.165, 1.54) is 64.2 Å². The van der Waals surface area contributed by atoms with Gasteiger partial charge in [-0.25, -0.2) is 4.89 Å². The van der Waals surface area contributed by atoms with Gasteiger partial charge in [0.15, 0.2) is 0 Å². The van der Waals surface area contributed by atoms with Gasteiger partial charge in [0.25, 0.3) is 0 Å². The lowest BCUT2D eigenvalue weighted by Crippen LogP contribution is -2.53. The first-order valence-electron chi connectivity index (χ1n) is 13.8. The molecule has 0 spiro atoms. The quantitative estimate of drug-likeness (QED) is 0.231. The van der Waals surface area contributed by atoms with E-state index in [0.717, 1.165) is 42.4 Å². The number of fused-ring (bicyclic) bond motifs is 5. The Kier molecular flexibility index (Phi) is 7.22. The lowest BCUT2D eigenvalue weighted by atomic mass is 9.44. The summed E-state index contributed by atoms with van der Waals surface area (Å²) in [5.41, 5.74) is 0.250. The van der Waals surface area contributed by atoms with Gasteiger partial charge in [-0.1, -0.05) is 46.6 Å². The van der Waals surface area contributed by atoms with Crippen molar-refractivity contribution in [3.63, 3.8) is 0 Å². The van der Waals surface area contributed by atoms with Crippen LogP contribution in [0.3, 0.4) is 0 Å². The van der Waals surface area contributed by atoms with Crippen LogP contribution in [0.25, 0.3) is 0 Å². The predicted octanol–water partition coefficient (Wildman–Crippen LogP) is 7.49. The van der Waals surface area contributed by atoms with Crippen LogP contribution in [0.4, 0.5) is 0 Å². The molecule has 0 saturated heterocycles. The Morgan fingerprint density at radius 1 is 1.00 bits per heavy atom. The van der Waals surface area contributed by atoms with Gasteiger partial charge in [-0.15, -0.1) is 6.58 Å². The van der Waals surface area contributed by atoms with Gasteiger partial charge in [0.05, 0.1) is 0 Å². The Labute approximate surface area is 197 Å². The monoisotopic (exact) mass is 446 g/mol. The summed E-state index contributed by atoms with van der Waals surface area (Å²) < 4.78 is 0. The molecule has 184 valence electrons. The molecule has 0 aromatic carbocycles. The van der Waals surface area contributed by atoms with Crippen molar-refractivity contribution in [2.45, 2.75) is 110 Å². The number of hydrogen-bond donors (Lipinski definition) is 2. The van der Waals surface area contributed by atoms with E-state index >= 15 is 0 Å². The van der Waals surface area contributed by atoms with E-state index in [1.54, 1.807) is 6.08 Å². The number of aliphatic hydroxyl groups is 1. The van der Waals surface area contributed by atoms with E-state index in [4.69, 9.17) is 4.89 Å². The minimum absolute atomic E-state index is 0.00694.